The molecule has 6 heteroatoms. The third kappa shape index (κ3) is 6.01. The van der Waals surface area contributed by atoms with Crippen molar-refractivity contribution in [3.8, 4) is 0 Å². The first kappa shape index (κ1) is 19.7. The van der Waals surface area contributed by atoms with Crippen molar-refractivity contribution in [3.05, 3.63) is 34.9 Å². The molecule has 0 radical (unpaired) electrons. The highest BCUT2D eigenvalue weighted by atomic mass is 35.5. The predicted molar refractivity (Wildman–Crippen MR) is 98.6 cm³/mol. The van der Waals surface area contributed by atoms with E-state index in [4.69, 9.17) is 16.3 Å². The number of rotatable bonds is 9. The van der Waals surface area contributed by atoms with Crippen LogP contribution in [0, 0.1) is 11.8 Å². The van der Waals surface area contributed by atoms with E-state index in [2.05, 4.69) is 10.6 Å². The van der Waals surface area contributed by atoms with E-state index in [0.29, 0.717) is 30.5 Å². The summed E-state index contributed by atoms with van der Waals surface area (Å²) in [4.78, 5) is 24.9. The Morgan fingerprint density at radius 3 is 2.56 bits per heavy atom. The second-order valence-electron chi connectivity index (χ2n) is 6.97. The van der Waals surface area contributed by atoms with Gasteiger partial charge in [0.1, 0.15) is 6.04 Å². The number of amides is 2. The van der Waals surface area contributed by atoms with Crippen LogP contribution >= 0.6 is 11.6 Å². The van der Waals surface area contributed by atoms with Crippen LogP contribution < -0.4 is 10.6 Å². The first-order chi connectivity index (χ1) is 11.9. The number of hydrogen-bond donors (Lipinski definition) is 2. The number of carbonyl (C=O) groups excluding carboxylic acids is 2. The van der Waals surface area contributed by atoms with Gasteiger partial charge < -0.3 is 15.4 Å². The van der Waals surface area contributed by atoms with Crippen molar-refractivity contribution >= 4 is 23.4 Å². The Labute approximate surface area is 154 Å². The normalized spacial score (nSPS) is 20.2. The Morgan fingerprint density at radius 1 is 1.28 bits per heavy atom. The highest BCUT2D eigenvalue weighted by Crippen LogP contribution is 2.47. The summed E-state index contributed by atoms with van der Waals surface area (Å²) in [6.07, 6.45) is 1.43. The molecule has 2 rings (SSSR count). The van der Waals surface area contributed by atoms with E-state index in [1.807, 2.05) is 38.1 Å². The molecule has 1 aliphatic carbocycles. The molecule has 2 amide bonds. The summed E-state index contributed by atoms with van der Waals surface area (Å²) in [5.41, 5.74) is 1.12. The number of halogens is 1. The molecule has 0 unspecified atom stereocenters. The summed E-state index contributed by atoms with van der Waals surface area (Å²) in [7, 11) is 1.59. The molecule has 1 aromatic carbocycles. The Kier molecular flexibility index (Phi) is 7.26. The Hall–Kier alpha value is -1.59. The smallest absolute Gasteiger partial charge is 0.242 e. The second kappa shape index (κ2) is 9.20. The molecule has 0 spiro atoms. The highest BCUT2D eigenvalue weighted by Gasteiger charge is 2.44. The van der Waals surface area contributed by atoms with E-state index < -0.39 is 6.04 Å². The zero-order chi connectivity index (χ0) is 18.4. The van der Waals surface area contributed by atoms with E-state index in [1.165, 1.54) is 0 Å². The van der Waals surface area contributed by atoms with Gasteiger partial charge in [0.15, 0.2) is 0 Å². The number of methoxy groups -OCH3 is 1. The van der Waals surface area contributed by atoms with Crippen LogP contribution in [0.5, 0.6) is 0 Å². The Balaban J connectivity index is 1.90. The van der Waals surface area contributed by atoms with Crippen molar-refractivity contribution in [2.24, 2.45) is 11.8 Å². The summed E-state index contributed by atoms with van der Waals surface area (Å²) < 4.78 is 4.94. The molecule has 0 saturated heterocycles. The maximum Gasteiger partial charge on any atom is 0.242 e. The number of hydrogen-bond acceptors (Lipinski definition) is 3. The van der Waals surface area contributed by atoms with E-state index >= 15 is 0 Å². The van der Waals surface area contributed by atoms with Crippen LogP contribution in [0.3, 0.4) is 0 Å². The van der Waals surface area contributed by atoms with E-state index in [1.54, 1.807) is 7.11 Å². The molecular weight excluding hydrogens is 340 g/mol. The number of nitrogens with one attached hydrogen (secondary N) is 2. The molecule has 1 aromatic rings. The molecule has 1 fully saturated rings. The summed E-state index contributed by atoms with van der Waals surface area (Å²) >= 11 is 5.91. The van der Waals surface area contributed by atoms with Gasteiger partial charge in [-0.1, -0.05) is 37.6 Å². The molecule has 2 N–H and O–H groups in total. The van der Waals surface area contributed by atoms with Crippen molar-refractivity contribution < 1.29 is 14.3 Å². The molecule has 0 bridgehead atoms. The predicted octanol–water partition coefficient (Wildman–Crippen LogP) is 2.74. The molecule has 3 atom stereocenters. The lowest BCUT2D eigenvalue weighted by Gasteiger charge is -2.20. The van der Waals surface area contributed by atoms with Crippen molar-refractivity contribution in [3.63, 3.8) is 0 Å². The fraction of sp³-hybridized carbons (Fsp3) is 0.579. The number of benzene rings is 1. The molecule has 25 heavy (non-hydrogen) atoms. The standard InChI is InChI=1S/C19H27ClN2O3/c1-12(2)10-17(19(24)21-8-9-25-3)22-18(23)16-11-15(16)13-4-6-14(20)7-5-13/h4-7,12,15-17H,8-11H2,1-3H3,(H,21,24)(H,22,23)/t15-,16+,17+/m1/s1. The van der Waals surface area contributed by atoms with Gasteiger partial charge in [0.25, 0.3) is 0 Å². The van der Waals surface area contributed by atoms with Crippen LogP contribution in [0.15, 0.2) is 24.3 Å². The third-order valence-electron chi connectivity index (χ3n) is 4.37. The van der Waals surface area contributed by atoms with Crippen LogP contribution in [-0.4, -0.2) is 38.1 Å². The lowest BCUT2D eigenvalue weighted by atomic mass is 10.0. The zero-order valence-corrected chi connectivity index (χ0v) is 15.8. The summed E-state index contributed by atoms with van der Waals surface area (Å²) in [6.45, 7) is 4.97. The molecule has 5 nitrogen and oxygen atoms in total. The van der Waals surface area contributed by atoms with E-state index in [-0.39, 0.29) is 23.7 Å². The van der Waals surface area contributed by atoms with Gasteiger partial charge in [-0.3, -0.25) is 9.59 Å². The van der Waals surface area contributed by atoms with Gasteiger partial charge in [0.05, 0.1) is 6.61 Å². The maximum atomic E-state index is 12.5. The third-order valence-corrected chi connectivity index (χ3v) is 4.62. The number of ether oxygens (including phenoxy) is 1. The van der Waals surface area contributed by atoms with Crippen LogP contribution in [-0.2, 0) is 14.3 Å². The Bertz CT molecular complexity index is 589. The molecule has 1 saturated carbocycles. The maximum absolute atomic E-state index is 12.5. The summed E-state index contributed by atoms with van der Waals surface area (Å²) in [5, 5.41) is 6.43. The fourth-order valence-corrected chi connectivity index (χ4v) is 3.07. The average molecular weight is 367 g/mol. The minimum atomic E-state index is -0.504. The minimum Gasteiger partial charge on any atom is -0.383 e. The van der Waals surface area contributed by atoms with Gasteiger partial charge in [0.2, 0.25) is 11.8 Å². The fourth-order valence-electron chi connectivity index (χ4n) is 2.94. The van der Waals surface area contributed by atoms with E-state index in [9.17, 15) is 9.59 Å². The van der Waals surface area contributed by atoms with Crippen molar-refractivity contribution in [2.75, 3.05) is 20.3 Å². The van der Waals surface area contributed by atoms with Gasteiger partial charge >= 0.3 is 0 Å². The Morgan fingerprint density at radius 2 is 1.96 bits per heavy atom. The summed E-state index contributed by atoms with van der Waals surface area (Å²) in [5.74, 6) is 0.260. The molecule has 0 aliphatic heterocycles. The van der Waals surface area contributed by atoms with Gasteiger partial charge in [-0.2, -0.15) is 0 Å². The van der Waals surface area contributed by atoms with Crippen molar-refractivity contribution in [1.82, 2.24) is 10.6 Å². The molecule has 0 heterocycles. The number of carbonyl (C=O) groups is 2. The van der Waals surface area contributed by atoms with Crippen LogP contribution in [0.25, 0.3) is 0 Å². The second-order valence-corrected chi connectivity index (χ2v) is 7.41. The topological polar surface area (TPSA) is 67.4 Å². The van der Waals surface area contributed by atoms with E-state index in [0.717, 1.165) is 12.0 Å². The van der Waals surface area contributed by atoms with Gasteiger partial charge in [-0.15, -0.1) is 0 Å². The zero-order valence-electron chi connectivity index (χ0n) is 15.0. The largest absolute Gasteiger partial charge is 0.383 e. The first-order valence-electron chi connectivity index (χ1n) is 8.74. The molecular formula is C19H27ClN2O3. The van der Waals surface area contributed by atoms with Crippen molar-refractivity contribution in [2.45, 2.75) is 38.6 Å². The van der Waals surface area contributed by atoms with Gasteiger partial charge in [-0.05, 0) is 42.4 Å². The first-order valence-corrected chi connectivity index (χ1v) is 9.12. The summed E-state index contributed by atoms with van der Waals surface area (Å²) in [6, 6.07) is 7.10. The quantitative estimate of drug-likeness (QED) is 0.660. The lowest BCUT2D eigenvalue weighted by Crippen LogP contribution is -2.48. The van der Waals surface area contributed by atoms with Crippen LogP contribution in [0.2, 0.25) is 5.02 Å². The highest BCUT2D eigenvalue weighted by molar-refractivity contribution is 6.30. The SMILES string of the molecule is COCCNC(=O)[C@H](CC(C)C)NC(=O)[C@H]1C[C@@H]1c1ccc(Cl)cc1. The molecule has 138 valence electrons. The van der Waals surface area contributed by atoms with Gasteiger partial charge in [0, 0.05) is 24.6 Å². The minimum absolute atomic E-state index is 0.0486. The average Bonchev–Trinajstić information content (AvgIpc) is 3.35. The van der Waals surface area contributed by atoms with Crippen LogP contribution in [0.4, 0.5) is 0 Å². The lowest BCUT2D eigenvalue weighted by molar-refractivity contribution is -0.130. The monoisotopic (exact) mass is 366 g/mol. The van der Waals surface area contributed by atoms with Crippen molar-refractivity contribution in [1.29, 1.82) is 0 Å². The van der Waals surface area contributed by atoms with Crippen LogP contribution in [0.1, 0.15) is 38.2 Å². The van der Waals surface area contributed by atoms with Gasteiger partial charge in [-0.25, -0.2) is 0 Å². The molecule has 1 aliphatic rings. The molecule has 0 aromatic heterocycles.